The van der Waals surface area contributed by atoms with Crippen molar-refractivity contribution >= 4 is 33.8 Å². The molecule has 4 heterocycles. The first-order valence-electron chi connectivity index (χ1n) is 10.4. The molecule has 1 aliphatic rings. The first-order valence-corrected chi connectivity index (χ1v) is 10.4. The Morgan fingerprint density at radius 3 is 2.52 bits per heavy atom. The molecule has 0 bridgehead atoms. The van der Waals surface area contributed by atoms with Crippen molar-refractivity contribution in [3.8, 4) is 0 Å². The molecule has 9 nitrogen and oxygen atoms in total. The van der Waals surface area contributed by atoms with Gasteiger partial charge in [-0.1, -0.05) is 18.2 Å². The van der Waals surface area contributed by atoms with Crippen molar-refractivity contribution in [1.82, 2.24) is 29.6 Å². The minimum Gasteiger partial charge on any atom is -0.351 e. The van der Waals surface area contributed by atoms with Crippen LogP contribution >= 0.6 is 0 Å². The molecular formula is C22H25N7O2. The summed E-state index contributed by atoms with van der Waals surface area (Å²) in [4.78, 5) is 40.2. The first kappa shape index (κ1) is 19.3. The van der Waals surface area contributed by atoms with E-state index in [0.29, 0.717) is 48.9 Å². The number of aromatic amines is 2. The molecule has 1 fully saturated rings. The SMILES string of the molecule is CC(C)(C)n1ncc2c(=O)[nH]c(N3CCN(C(=O)c4cc5ccccc5[nH]4)CC3)nc21. The lowest BCUT2D eigenvalue weighted by Gasteiger charge is -2.34. The van der Waals surface area contributed by atoms with Crippen LogP contribution in [-0.2, 0) is 5.54 Å². The molecule has 1 amide bonds. The van der Waals surface area contributed by atoms with Crippen molar-refractivity contribution in [1.29, 1.82) is 0 Å². The van der Waals surface area contributed by atoms with Crippen LogP contribution in [0.2, 0.25) is 0 Å². The molecule has 160 valence electrons. The smallest absolute Gasteiger partial charge is 0.270 e. The Morgan fingerprint density at radius 1 is 1.06 bits per heavy atom. The predicted octanol–water partition coefficient (Wildman–Crippen LogP) is 2.32. The average molecular weight is 419 g/mol. The maximum atomic E-state index is 13.0. The van der Waals surface area contributed by atoms with Gasteiger partial charge in [-0.25, -0.2) is 4.68 Å². The lowest BCUT2D eigenvalue weighted by atomic mass is 10.1. The topological polar surface area (TPSA) is 103 Å². The van der Waals surface area contributed by atoms with E-state index in [1.165, 1.54) is 0 Å². The largest absolute Gasteiger partial charge is 0.351 e. The summed E-state index contributed by atoms with van der Waals surface area (Å²) in [5, 5.41) is 5.86. The number of aromatic nitrogens is 5. The zero-order valence-electron chi connectivity index (χ0n) is 17.8. The minimum absolute atomic E-state index is 0.0152. The van der Waals surface area contributed by atoms with Gasteiger partial charge in [0.05, 0.1) is 11.7 Å². The van der Waals surface area contributed by atoms with Gasteiger partial charge in [-0.2, -0.15) is 10.1 Å². The van der Waals surface area contributed by atoms with Crippen LogP contribution < -0.4 is 10.5 Å². The summed E-state index contributed by atoms with van der Waals surface area (Å²) in [5.74, 6) is 0.500. The Bertz CT molecular complexity index is 1300. The first-order chi connectivity index (χ1) is 14.8. The van der Waals surface area contributed by atoms with Crippen LogP contribution in [0.5, 0.6) is 0 Å². The molecular weight excluding hydrogens is 394 g/mol. The zero-order chi connectivity index (χ0) is 21.8. The average Bonchev–Trinajstić information content (AvgIpc) is 3.37. The van der Waals surface area contributed by atoms with Gasteiger partial charge in [0.15, 0.2) is 5.65 Å². The van der Waals surface area contributed by atoms with Crippen LogP contribution in [-0.4, -0.2) is 61.7 Å². The molecule has 1 saturated heterocycles. The van der Waals surface area contributed by atoms with E-state index < -0.39 is 0 Å². The molecule has 5 rings (SSSR count). The van der Waals surface area contributed by atoms with Crippen molar-refractivity contribution in [3.63, 3.8) is 0 Å². The normalized spacial score (nSPS) is 15.2. The highest BCUT2D eigenvalue weighted by Crippen LogP contribution is 2.21. The molecule has 3 aromatic heterocycles. The van der Waals surface area contributed by atoms with E-state index in [2.05, 4.69) is 15.1 Å². The van der Waals surface area contributed by atoms with Crippen LogP contribution in [0.15, 0.2) is 41.3 Å². The summed E-state index contributed by atoms with van der Waals surface area (Å²) in [6.45, 7) is 8.35. The number of H-pyrrole nitrogens is 2. The summed E-state index contributed by atoms with van der Waals surface area (Å²) >= 11 is 0. The van der Waals surface area contributed by atoms with E-state index in [9.17, 15) is 9.59 Å². The highest BCUT2D eigenvalue weighted by Gasteiger charge is 2.26. The van der Waals surface area contributed by atoms with Crippen LogP contribution in [0, 0.1) is 0 Å². The number of nitrogens with zero attached hydrogens (tertiary/aromatic N) is 5. The Morgan fingerprint density at radius 2 is 1.81 bits per heavy atom. The van der Waals surface area contributed by atoms with E-state index in [-0.39, 0.29) is 17.0 Å². The van der Waals surface area contributed by atoms with Gasteiger partial charge in [-0.15, -0.1) is 0 Å². The van der Waals surface area contributed by atoms with E-state index in [1.54, 1.807) is 10.9 Å². The molecule has 9 heteroatoms. The number of benzene rings is 1. The lowest BCUT2D eigenvalue weighted by molar-refractivity contribution is 0.0741. The van der Waals surface area contributed by atoms with E-state index in [4.69, 9.17) is 4.98 Å². The number of carbonyl (C=O) groups is 1. The molecule has 0 atom stereocenters. The third kappa shape index (κ3) is 3.35. The summed E-state index contributed by atoms with van der Waals surface area (Å²) in [6.07, 6.45) is 1.56. The van der Waals surface area contributed by atoms with Crippen LogP contribution in [0.3, 0.4) is 0 Å². The van der Waals surface area contributed by atoms with E-state index in [0.717, 1.165) is 10.9 Å². The summed E-state index contributed by atoms with van der Waals surface area (Å²) < 4.78 is 1.77. The second-order valence-corrected chi connectivity index (χ2v) is 8.90. The number of para-hydroxylation sites is 1. The van der Waals surface area contributed by atoms with Gasteiger partial charge < -0.3 is 14.8 Å². The lowest BCUT2D eigenvalue weighted by Crippen LogP contribution is -2.49. The summed E-state index contributed by atoms with van der Waals surface area (Å²) in [7, 11) is 0. The highest BCUT2D eigenvalue weighted by molar-refractivity contribution is 5.98. The van der Waals surface area contributed by atoms with E-state index in [1.807, 2.05) is 60.9 Å². The molecule has 0 unspecified atom stereocenters. The number of carbonyl (C=O) groups excluding carboxylic acids is 1. The Balaban J connectivity index is 1.36. The molecule has 0 aliphatic carbocycles. The van der Waals surface area contributed by atoms with Crippen molar-refractivity contribution in [2.45, 2.75) is 26.3 Å². The second-order valence-electron chi connectivity index (χ2n) is 8.90. The van der Waals surface area contributed by atoms with Crippen LogP contribution in [0.1, 0.15) is 31.3 Å². The standard InChI is InChI=1S/C22H25N7O2/c1-22(2,3)29-18-15(13-23-29)19(30)26-21(25-18)28-10-8-27(9-11-28)20(31)17-12-14-6-4-5-7-16(14)24-17/h4-7,12-13,24H,8-11H2,1-3H3,(H,25,26,30). The maximum Gasteiger partial charge on any atom is 0.270 e. The number of nitrogens with one attached hydrogen (secondary N) is 2. The summed E-state index contributed by atoms with van der Waals surface area (Å²) in [5.41, 5.74) is 1.63. The summed E-state index contributed by atoms with van der Waals surface area (Å²) in [6, 6.07) is 9.75. The number of fused-ring (bicyclic) bond motifs is 2. The van der Waals surface area contributed by atoms with Crippen molar-refractivity contribution in [2.24, 2.45) is 0 Å². The van der Waals surface area contributed by atoms with Crippen LogP contribution in [0.4, 0.5) is 5.95 Å². The molecule has 1 aromatic carbocycles. The maximum absolute atomic E-state index is 13.0. The van der Waals surface area contributed by atoms with Gasteiger partial charge in [-0.05, 0) is 32.9 Å². The van der Waals surface area contributed by atoms with Crippen LogP contribution in [0.25, 0.3) is 21.9 Å². The van der Waals surface area contributed by atoms with E-state index >= 15 is 0 Å². The molecule has 1 aliphatic heterocycles. The number of hydrogen-bond acceptors (Lipinski definition) is 5. The Labute approximate surface area is 178 Å². The molecule has 31 heavy (non-hydrogen) atoms. The number of anilines is 1. The van der Waals surface area contributed by atoms with Crippen molar-refractivity contribution < 1.29 is 4.79 Å². The molecule has 2 N–H and O–H groups in total. The molecule has 0 saturated carbocycles. The van der Waals surface area contributed by atoms with Gasteiger partial charge >= 0.3 is 0 Å². The fourth-order valence-electron chi connectivity index (χ4n) is 4.03. The number of rotatable bonds is 2. The number of piperazine rings is 1. The quantitative estimate of drug-likeness (QED) is 0.519. The van der Waals surface area contributed by atoms with Gasteiger partial charge in [0.1, 0.15) is 11.1 Å². The number of hydrogen-bond donors (Lipinski definition) is 2. The molecule has 0 spiro atoms. The fourth-order valence-corrected chi connectivity index (χ4v) is 4.03. The van der Waals surface area contributed by atoms with Crippen molar-refractivity contribution in [3.05, 3.63) is 52.6 Å². The number of amides is 1. The van der Waals surface area contributed by atoms with Gasteiger partial charge in [0.2, 0.25) is 5.95 Å². The van der Waals surface area contributed by atoms with Gasteiger partial charge in [0.25, 0.3) is 11.5 Å². The Hall–Kier alpha value is -3.62. The van der Waals surface area contributed by atoms with Gasteiger partial charge in [0, 0.05) is 37.1 Å². The monoisotopic (exact) mass is 419 g/mol. The third-order valence-corrected chi connectivity index (χ3v) is 5.69. The highest BCUT2D eigenvalue weighted by atomic mass is 16.2. The zero-order valence-corrected chi connectivity index (χ0v) is 17.8. The molecule has 4 aromatic rings. The third-order valence-electron chi connectivity index (χ3n) is 5.69. The Kier molecular flexibility index (Phi) is 4.35. The van der Waals surface area contributed by atoms with Gasteiger partial charge in [-0.3, -0.25) is 14.6 Å². The fraction of sp³-hybridized carbons (Fsp3) is 0.364. The predicted molar refractivity (Wildman–Crippen MR) is 120 cm³/mol. The second kappa shape index (κ2) is 6.97. The molecule has 0 radical (unpaired) electrons. The van der Waals surface area contributed by atoms with Crippen molar-refractivity contribution in [2.75, 3.05) is 31.1 Å². The minimum atomic E-state index is -0.287.